The van der Waals surface area contributed by atoms with E-state index in [-0.39, 0.29) is 0 Å². The van der Waals surface area contributed by atoms with Crippen molar-refractivity contribution in [1.29, 1.82) is 5.26 Å². The summed E-state index contributed by atoms with van der Waals surface area (Å²) in [6, 6.07) is 0.997. The van der Waals surface area contributed by atoms with Gasteiger partial charge in [-0.15, -0.1) is 0 Å². The van der Waals surface area contributed by atoms with Gasteiger partial charge in [0.05, 0.1) is 11.1 Å². The average Bonchev–Trinajstić information content (AvgIpc) is 2.15. The molecule has 0 saturated heterocycles. The molecule has 16 heavy (non-hydrogen) atoms. The molecule has 0 aliphatic carbocycles. The van der Waals surface area contributed by atoms with Crippen LogP contribution < -0.4 is 5.56 Å². The molecular formula is C7H2F3N3O3. The molecule has 1 aromatic rings. The van der Waals surface area contributed by atoms with Crippen LogP contribution in [0.15, 0.2) is 11.0 Å². The van der Waals surface area contributed by atoms with E-state index in [0.717, 1.165) is 6.07 Å². The van der Waals surface area contributed by atoms with Gasteiger partial charge in [-0.2, -0.15) is 18.4 Å². The van der Waals surface area contributed by atoms with Crippen LogP contribution in [-0.4, -0.2) is 9.91 Å². The van der Waals surface area contributed by atoms with Crippen LogP contribution in [0.5, 0.6) is 0 Å². The zero-order valence-electron chi connectivity index (χ0n) is 7.33. The first-order valence-corrected chi connectivity index (χ1v) is 3.66. The van der Waals surface area contributed by atoms with Crippen LogP contribution in [0.3, 0.4) is 0 Å². The van der Waals surface area contributed by atoms with E-state index in [1.165, 1.54) is 0 Å². The maximum atomic E-state index is 12.4. The zero-order chi connectivity index (χ0) is 12.5. The number of halogens is 3. The molecule has 1 heterocycles. The van der Waals surface area contributed by atoms with E-state index in [4.69, 9.17) is 5.26 Å². The number of rotatable bonds is 1. The smallest absolute Gasteiger partial charge is 0.322 e. The highest BCUT2D eigenvalue weighted by atomic mass is 19.4. The average molecular weight is 233 g/mol. The molecule has 0 saturated carbocycles. The van der Waals surface area contributed by atoms with E-state index in [9.17, 15) is 28.1 Å². The fourth-order valence-electron chi connectivity index (χ4n) is 1.06. The van der Waals surface area contributed by atoms with Crippen molar-refractivity contribution in [1.82, 2.24) is 4.98 Å². The molecular weight excluding hydrogens is 231 g/mol. The molecule has 0 atom stereocenters. The molecule has 0 amide bonds. The Morgan fingerprint density at radius 3 is 2.44 bits per heavy atom. The summed E-state index contributed by atoms with van der Waals surface area (Å²) in [4.78, 5) is 21.6. The predicted molar refractivity (Wildman–Crippen MR) is 43.4 cm³/mol. The lowest BCUT2D eigenvalue weighted by atomic mass is 10.1. The first-order chi connectivity index (χ1) is 7.29. The third kappa shape index (κ3) is 1.85. The van der Waals surface area contributed by atoms with Gasteiger partial charge in [-0.25, -0.2) is 0 Å². The molecule has 0 aliphatic rings. The number of alkyl halides is 3. The highest BCUT2D eigenvalue weighted by Gasteiger charge is 2.42. The van der Waals surface area contributed by atoms with Crippen molar-refractivity contribution in [3.05, 3.63) is 37.8 Å². The summed E-state index contributed by atoms with van der Waals surface area (Å²) in [5.74, 6) is 0. The molecule has 84 valence electrons. The summed E-state index contributed by atoms with van der Waals surface area (Å²) in [5, 5.41) is 18.7. The highest BCUT2D eigenvalue weighted by molar-refractivity contribution is 5.49. The van der Waals surface area contributed by atoms with Crippen LogP contribution >= 0.6 is 0 Å². The summed E-state index contributed by atoms with van der Waals surface area (Å²) >= 11 is 0. The SMILES string of the molecule is N#Cc1c(C(F)(F)F)c([N+](=O)[O-])c[nH]c1=O. The minimum absolute atomic E-state index is 0.312. The summed E-state index contributed by atoms with van der Waals surface area (Å²) in [7, 11) is 0. The first-order valence-electron chi connectivity index (χ1n) is 3.66. The predicted octanol–water partition coefficient (Wildman–Crippen LogP) is 1.17. The van der Waals surface area contributed by atoms with Gasteiger partial charge < -0.3 is 4.98 Å². The van der Waals surface area contributed by atoms with E-state index >= 15 is 0 Å². The van der Waals surface area contributed by atoms with Gasteiger partial charge in [-0.1, -0.05) is 0 Å². The number of hydrogen-bond donors (Lipinski definition) is 1. The third-order valence-corrected chi connectivity index (χ3v) is 1.67. The van der Waals surface area contributed by atoms with E-state index in [0.29, 0.717) is 6.20 Å². The quantitative estimate of drug-likeness (QED) is 0.581. The molecule has 1 N–H and O–H groups in total. The van der Waals surface area contributed by atoms with Gasteiger partial charge in [-0.05, 0) is 0 Å². The van der Waals surface area contributed by atoms with Gasteiger partial charge in [0.1, 0.15) is 11.6 Å². The van der Waals surface area contributed by atoms with Crippen molar-refractivity contribution in [2.24, 2.45) is 0 Å². The Bertz CT molecular complexity index is 541. The van der Waals surface area contributed by atoms with Crippen molar-refractivity contribution in [2.45, 2.75) is 6.18 Å². The van der Waals surface area contributed by atoms with Gasteiger partial charge >= 0.3 is 6.18 Å². The number of H-pyrrole nitrogens is 1. The molecule has 0 spiro atoms. The standard InChI is InChI=1S/C7H2F3N3O3/c8-7(9,10)5-3(1-11)6(14)12-2-4(5)13(15)16/h2H,(H,12,14). The van der Waals surface area contributed by atoms with Crippen LogP contribution in [0.4, 0.5) is 18.9 Å². The lowest BCUT2D eigenvalue weighted by Crippen LogP contribution is -2.20. The number of nitrogens with one attached hydrogen (secondary N) is 1. The largest absolute Gasteiger partial charge is 0.424 e. The van der Waals surface area contributed by atoms with Crippen LogP contribution in [-0.2, 0) is 6.18 Å². The lowest BCUT2D eigenvalue weighted by Gasteiger charge is -2.07. The number of aromatic nitrogens is 1. The summed E-state index contributed by atoms with van der Waals surface area (Å²) in [6.45, 7) is 0. The molecule has 0 aromatic carbocycles. The number of aromatic amines is 1. The normalized spacial score (nSPS) is 10.9. The Kier molecular flexibility index (Phi) is 2.67. The molecule has 0 radical (unpaired) electrons. The monoisotopic (exact) mass is 233 g/mol. The zero-order valence-corrected chi connectivity index (χ0v) is 7.33. The summed E-state index contributed by atoms with van der Waals surface area (Å²) in [6.07, 6.45) is -4.83. The van der Waals surface area contributed by atoms with Gasteiger partial charge in [0.25, 0.3) is 11.2 Å². The summed E-state index contributed by atoms with van der Waals surface area (Å²) in [5.41, 5.74) is -5.82. The van der Waals surface area contributed by atoms with Crippen molar-refractivity contribution in [3.8, 4) is 6.07 Å². The second-order valence-electron chi connectivity index (χ2n) is 2.62. The van der Waals surface area contributed by atoms with Crippen LogP contribution in [0.2, 0.25) is 0 Å². The number of nitro groups is 1. The van der Waals surface area contributed by atoms with E-state index in [1.54, 1.807) is 4.98 Å². The van der Waals surface area contributed by atoms with Crippen LogP contribution in [0.1, 0.15) is 11.1 Å². The summed E-state index contributed by atoms with van der Waals surface area (Å²) < 4.78 is 37.3. The number of hydrogen-bond acceptors (Lipinski definition) is 4. The third-order valence-electron chi connectivity index (χ3n) is 1.67. The van der Waals surface area contributed by atoms with E-state index < -0.39 is 33.5 Å². The van der Waals surface area contributed by atoms with Crippen molar-refractivity contribution >= 4 is 5.69 Å². The minimum atomic E-state index is -5.14. The fraction of sp³-hybridized carbons (Fsp3) is 0.143. The van der Waals surface area contributed by atoms with Crippen molar-refractivity contribution < 1.29 is 18.1 Å². The second-order valence-corrected chi connectivity index (χ2v) is 2.62. The Balaban J connectivity index is 3.77. The van der Waals surface area contributed by atoms with Gasteiger partial charge in [0, 0.05) is 0 Å². The number of nitrogens with zero attached hydrogens (tertiary/aromatic N) is 2. The molecule has 1 rings (SSSR count). The molecule has 6 nitrogen and oxygen atoms in total. The van der Waals surface area contributed by atoms with Crippen molar-refractivity contribution in [3.63, 3.8) is 0 Å². The number of nitriles is 1. The van der Waals surface area contributed by atoms with Crippen molar-refractivity contribution in [2.75, 3.05) is 0 Å². The van der Waals surface area contributed by atoms with Gasteiger partial charge in [-0.3, -0.25) is 14.9 Å². The number of pyridine rings is 1. The lowest BCUT2D eigenvalue weighted by molar-refractivity contribution is -0.388. The Morgan fingerprint density at radius 2 is 2.06 bits per heavy atom. The maximum Gasteiger partial charge on any atom is 0.424 e. The molecule has 0 fully saturated rings. The Morgan fingerprint density at radius 1 is 1.50 bits per heavy atom. The molecule has 1 aromatic heterocycles. The second kappa shape index (κ2) is 3.65. The molecule has 0 aliphatic heterocycles. The fourth-order valence-corrected chi connectivity index (χ4v) is 1.06. The Labute approximate surface area is 85.1 Å². The maximum absolute atomic E-state index is 12.4. The molecule has 0 unspecified atom stereocenters. The van der Waals surface area contributed by atoms with Gasteiger partial charge in [0.2, 0.25) is 0 Å². The Hall–Kier alpha value is -2.37. The van der Waals surface area contributed by atoms with Crippen LogP contribution in [0.25, 0.3) is 0 Å². The topological polar surface area (TPSA) is 99.8 Å². The highest BCUT2D eigenvalue weighted by Crippen LogP contribution is 2.36. The minimum Gasteiger partial charge on any atom is -0.322 e. The molecule has 0 bridgehead atoms. The van der Waals surface area contributed by atoms with Crippen LogP contribution in [0, 0.1) is 21.4 Å². The van der Waals surface area contributed by atoms with E-state index in [1.807, 2.05) is 0 Å². The van der Waals surface area contributed by atoms with E-state index in [2.05, 4.69) is 0 Å². The first kappa shape index (κ1) is 11.7. The molecule has 9 heteroatoms. The van der Waals surface area contributed by atoms with Gasteiger partial charge in [0.15, 0.2) is 5.56 Å².